The van der Waals surface area contributed by atoms with Gasteiger partial charge in [0, 0.05) is 17.8 Å². The molecule has 0 unspecified atom stereocenters. The first-order chi connectivity index (χ1) is 8.03. The van der Waals surface area contributed by atoms with Gasteiger partial charge in [0.05, 0.1) is 5.69 Å². The van der Waals surface area contributed by atoms with Crippen LogP contribution in [-0.4, -0.2) is 36.1 Å². The molecule has 1 aliphatic rings. The summed E-state index contributed by atoms with van der Waals surface area (Å²) in [6.45, 7) is 2.90. The van der Waals surface area contributed by atoms with Gasteiger partial charge < -0.3 is 16.0 Å². The molecule has 0 spiro atoms. The van der Waals surface area contributed by atoms with E-state index in [0.29, 0.717) is 0 Å². The van der Waals surface area contributed by atoms with Crippen molar-refractivity contribution in [3.8, 4) is 0 Å². The third kappa shape index (κ3) is 2.36. The highest BCUT2D eigenvalue weighted by molar-refractivity contribution is 5.61. The minimum atomic E-state index is 0.290. The van der Waals surface area contributed by atoms with Crippen molar-refractivity contribution < 1.29 is 0 Å². The summed E-state index contributed by atoms with van der Waals surface area (Å²) < 4.78 is 0. The lowest BCUT2D eigenvalue weighted by molar-refractivity contribution is 0.0738. The molecule has 0 aromatic carbocycles. The van der Waals surface area contributed by atoms with Crippen LogP contribution in [0, 0.1) is 6.92 Å². The van der Waals surface area contributed by atoms with Crippen LogP contribution in [0.3, 0.4) is 0 Å². The van der Waals surface area contributed by atoms with Gasteiger partial charge >= 0.3 is 0 Å². The number of nitrogen functional groups attached to an aromatic ring is 1. The van der Waals surface area contributed by atoms with Crippen molar-refractivity contribution >= 4 is 11.5 Å². The molecule has 0 atom stereocenters. The Morgan fingerprint density at radius 2 is 2.12 bits per heavy atom. The smallest absolute Gasteiger partial charge is 0.149 e. The topological polar surface area (TPSA) is 54.2 Å². The van der Waals surface area contributed by atoms with Gasteiger partial charge in [-0.3, -0.25) is 0 Å². The number of likely N-dealkylation sites (N-methyl/N-ethyl adjacent to an activating group) is 1. The Morgan fingerprint density at radius 3 is 2.65 bits per heavy atom. The number of aromatic nitrogens is 1. The van der Waals surface area contributed by atoms with Crippen LogP contribution >= 0.6 is 0 Å². The number of hydrogen-bond donors (Lipinski definition) is 2. The highest BCUT2D eigenvalue weighted by atomic mass is 15.2. The number of nitrogens with zero attached hydrogens (tertiary/aromatic N) is 2. The summed E-state index contributed by atoms with van der Waals surface area (Å²) in [6.07, 6.45) is 3.81. The highest BCUT2D eigenvalue weighted by Gasteiger charge is 2.38. The molecule has 4 heteroatoms. The zero-order chi connectivity index (χ0) is 12.5. The maximum absolute atomic E-state index is 5.92. The highest BCUT2D eigenvalue weighted by Crippen LogP contribution is 2.36. The van der Waals surface area contributed by atoms with E-state index in [1.165, 1.54) is 19.3 Å². The SMILES string of the molecule is Cc1ccc(N)c(NCC2(N(C)C)CCC2)n1. The zero-order valence-corrected chi connectivity index (χ0v) is 11.0. The molecular weight excluding hydrogens is 212 g/mol. The van der Waals surface area contributed by atoms with E-state index in [1.54, 1.807) is 0 Å². The molecule has 4 nitrogen and oxygen atoms in total. The Morgan fingerprint density at radius 1 is 1.41 bits per heavy atom. The van der Waals surface area contributed by atoms with Gasteiger partial charge in [-0.05, 0) is 52.4 Å². The number of pyridine rings is 1. The predicted octanol–water partition coefficient (Wildman–Crippen LogP) is 1.87. The molecule has 2 rings (SSSR count). The Kier molecular flexibility index (Phi) is 3.24. The molecule has 1 fully saturated rings. The van der Waals surface area contributed by atoms with Crippen molar-refractivity contribution in [2.45, 2.75) is 31.7 Å². The van der Waals surface area contributed by atoms with Gasteiger partial charge in [-0.2, -0.15) is 0 Å². The fourth-order valence-electron chi connectivity index (χ4n) is 2.32. The Labute approximate surface area is 103 Å². The first-order valence-corrected chi connectivity index (χ1v) is 6.18. The number of nitrogens with one attached hydrogen (secondary N) is 1. The normalized spacial score (nSPS) is 17.9. The molecule has 0 bridgehead atoms. The van der Waals surface area contributed by atoms with Crippen LogP contribution in [0.4, 0.5) is 11.5 Å². The van der Waals surface area contributed by atoms with Crippen LogP contribution in [0.25, 0.3) is 0 Å². The molecule has 1 aliphatic carbocycles. The Hall–Kier alpha value is -1.29. The van der Waals surface area contributed by atoms with Gasteiger partial charge in [0.25, 0.3) is 0 Å². The summed E-state index contributed by atoms with van der Waals surface area (Å²) in [6, 6.07) is 3.85. The van der Waals surface area contributed by atoms with Crippen molar-refractivity contribution in [3.05, 3.63) is 17.8 Å². The van der Waals surface area contributed by atoms with Crippen LogP contribution < -0.4 is 11.1 Å². The van der Waals surface area contributed by atoms with Gasteiger partial charge in [-0.15, -0.1) is 0 Å². The first kappa shape index (κ1) is 12.2. The van der Waals surface area contributed by atoms with Crippen LogP contribution in [0.1, 0.15) is 25.0 Å². The summed E-state index contributed by atoms with van der Waals surface area (Å²) in [5, 5.41) is 3.40. The van der Waals surface area contributed by atoms with E-state index in [0.717, 1.165) is 23.7 Å². The second kappa shape index (κ2) is 4.53. The van der Waals surface area contributed by atoms with Gasteiger partial charge in [0.15, 0.2) is 0 Å². The first-order valence-electron chi connectivity index (χ1n) is 6.18. The van der Waals surface area contributed by atoms with E-state index in [4.69, 9.17) is 5.73 Å². The summed E-state index contributed by atoms with van der Waals surface area (Å²) >= 11 is 0. The fraction of sp³-hybridized carbons (Fsp3) is 0.615. The third-order valence-electron chi connectivity index (χ3n) is 3.88. The van der Waals surface area contributed by atoms with Crippen LogP contribution in [0.2, 0.25) is 0 Å². The maximum atomic E-state index is 5.92. The molecule has 3 N–H and O–H groups in total. The standard InChI is InChI=1S/C13H22N4/c1-10-5-6-11(14)12(16-10)15-9-13(17(2)3)7-4-8-13/h5-6H,4,7-9,14H2,1-3H3,(H,15,16). The average Bonchev–Trinajstić information content (AvgIpc) is 2.21. The van der Waals surface area contributed by atoms with Crippen molar-refractivity contribution in [2.24, 2.45) is 0 Å². The fourth-order valence-corrected chi connectivity index (χ4v) is 2.32. The Bertz CT molecular complexity index is 396. The minimum Gasteiger partial charge on any atom is -0.396 e. The molecule has 1 aromatic heterocycles. The predicted molar refractivity (Wildman–Crippen MR) is 72.1 cm³/mol. The molecule has 0 saturated heterocycles. The minimum absolute atomic E-state index is 0.290. The van der Waals surface area contributed by atoms with Crippen LogP contribution in [0.15, 0.2) is 12.1 Å². The molecule has 1 saturated carbocycles. The van der Waals surface area contributed by atoms with Crippen LogP contribution in [0.5, 0.6) is 0 Å². The van der Waals surface area contributed by atoms with Crippen molar-refractivity contribution in [2.75, 3.05) is 31.7 Å². The van der Waals surface area contributed by atoms with E-state index in [1.807, 2.05) is 19.1 Å². The molecule has 17 heavy (non-hydrogen) atoms. The Balaban J connectivity index is 2.04. The number of aryl methyl sites for hydroxylation is 1. The summed E-state index contributed by atoms with van der Waals surface area (Å²) in [5.41, 5.74) is 7.93. The van der Waals surface area contributed by atoms with E-state index in [9.17, 15) is 0 Å². The molecule has 0 aliphatic heterocycles. The number of nitrogens with two attached hydrogens (primary N) is 1. The van der Waals surface area contributed by atoms with Gasteiger partial charge in [-0.25, -0.2) is 4.98 Å². The molecule has 0 amide bonds. The van der Waals surface area contributed by atoms with E-state index in [2.05, 4.69) is 29.3 Å². The van der Waals surface area contributed by atoms with Gasteiger partial charge in [0.2, 0.25) is 0 Å². The van der Waals surface area contributed by atoms with Crippen molar-refractivity contribution in [1.82, 2.24) is 9.88 Å². The molecule has 1 aromatic rings. The lowest BCUT2D eigenvalue weighted by Gasteiger charge is -2.47. The number of anilines is 2. The lowest BCUT2D eigenvalue weighted by Crippen LogP contribution is -2.54. The summed E-state index contributed by atoms with van der Waals surface area (Å²) in [5.74, 6) is 0.818. The molecule has 94 valence electrons. The van der Waals surface area contributed by atoms with E-state index in [-0.39, 0.29) is 5.54 Å². The molecular formula is C13H22N4. The summed E-state index contributed by atoms with van der Waals surface area (Å²) in [7, 11) is 4.29. The molecule has 0 radical (unpaired) electrons. The molecule has 1 heterocycles. The second-order valence-electron chi connectivity index (χ2n) is 5.22. The summed E-state index contributed by atoms with van der Waals surface area (Å²) in [4.78, 5) is 6.75. The van der Waals surface area contributed by atoms with Gasteiger partial charge in [0.1, 0.15) is 5.82 Å². The van der Waals surface area contributed by atoms with E-state index < -0.39 is 0 Å². The monoisotopic (exact) mass is 234 g/mol. The van der Waals surface area contributed by atoms with Gasteiger partial charge in [-0.1, -0.05) is 0 Å². The third-order valence-corrected chi connectivity index (χ3v) is 3.88. The van der Waals surface area contributed by atoms with Crippen LogP contribution in [-0.2, 0) is 0 Å². The van der Waals surface area contributed by atoms with Crippen molar-refractivity contribution in [3.63, 3.8) is 0 Å². The number of hydrogen-bond acceptors (Lipinski definition) is 4. The quantitative estimate of drug-likeness (QED) is 0.835. The second-order valence-corrected chi connectivity index (χ2v) is 5.22. The largest absolute Gasteiger partial charge is 0.396 e. The lowest BCUT2D eigenvalue weighted by atomic mass is 9.75. The van der Waals surface area contributed by atoms with E-state index >= 15 is 0 Å². The average molecular weight is 234 g/mol. The van der Waals surface area contributed by atoms with Crippen molar-refractivity contribution in [1.29, 1.82) is 0 Å². The maximum Gasteiger partial charge on any atom is 0.149 e. The number of rotatable bonds is 4. The zero-order valence-electron chi connectivity index (χ0n) is 11.0.